The fraction of sp³-hybridized carbons (Fsp3) is 0.750. The van der Waals surface area contributed by atoms with E-state index in [9.17, 15) is 27.6 Å². The van der Waals surface area contributed by atoms with Crippen LogP contribution in [0.5, 0.6) is 0 Å². The molecule has 5 atom stereocenters. The highest BCUT2D eigenvalue weighted by Gasteiger charge is 2.63. The average Bonchev–Trinajstić information content (AvgIpc) is 2.81. The zero-order valence-corrected chi connectivity index (χ0v) is 15.0. The second-order valence-corrected chi connectivity index (χ2v) is 9.00. The number of fused-ring (bicyclic) bond motifs is 5. The minimum absolute atomic E-state index is 0.0517. The summed E-state index contributed by atoms with van der Waals surface area (Å²) in [7, 11) is 0. The molecule has 0 radical (unpaired) electrons. The van der Waals surface area contributed by atoms with Crippen molar-refractivity contribution in [1.29, 1.82) is 0 Å². The number of Topliss-reactive ketones (excluding diaryl/α,β-unsaturated/α-hetero) is 3. The SMILES string of the molecule is C[C@]12CCC(=O)C(C(F)(F)F)=C1CC[C@@H]1[C@@H]2C(=O)C[C@]2(C)C(=O)CC[C@@H]12. The number of rotatable bonds is 0. The highest BCUT2D eigenvalue weighted by atomic mass is 19.4. The molecule has 3 nitrogen and oxygen atoms in total. The summed E-state index contributed by atoms with van der Waals surface area (Å²) in [6, 6.07) is 0. The summed E-state index contributed by atoms with van der Waals surface area (Å²) < 4.78 is 40.7. The van der Waals surface area contributed by atoms with Gasteiger partial charge in [0.2, 0.25) is 0 Å². The van der Waals surface area contributed by atoms with Crippen LogP contribution in [-0.2, 0) is 14.4 Å². The molecular formula is C20H23F3O3. The van der Waals surface area contributed by atoms with Crippen molar-refractivity contribution in [3.05, 3.63) is 11.1 Å². The third kappa shape index (κ3) is 2.16. The quantitative estimate of drug-likeness (QED) is 0.644. The van der Waals surface area contributed by atoms with Gasteiger partial charge in [0.25, 0.3) is 0 Å². The average molecular weight is 368 g/mol. The molecule has 0 aromatic rings. The van der Waals surface area contributed by atoms with E-state index in [4.69, 9.17) is 0 Å². The molecule has 0 aromatic heterocycles. The van der Waals surface area contributed by atoms with Crippen molar-refractivity contribution in [1.82, 2.24) is 0 Å². The van der Waals surface area contributed by atoms with Crippen molar-refractivity contribution in [2.24, 2.45) is 28.6 Å². The molecule has 0 spiro atoms. The maximum Gasteiger partial charge on any atom is 0.419 e. The Balaban J connectivity index is 1.83. The Bertz CT molecular complexity index is 750. The lowest BCUT2D eigenvalue weighted by molar-refractivity contribution is -0.152. The van der Waals surface area contributed by atoms with Crippen LogP contribution in [0.25, 0.3) is 0 Å². The van der Waals surface area contributed by atoms with E-state index in [1.54, 1.807) is 6.92 Å². The van der Waals surface area contributed by atoms with Crippen molar-refractivity contribution in [2.75, 3.05) is 0 Å². The number of ketones is 3. The van der Waals surface area contributed by atoms with Crippen molar-refractivity contribution >= 4 is 17.3 Å². The molecule has 6 heteroatoms. The van der Waals surface area contributed by atoms with Gasteiger partial charge in [0.15, 0.2) is 5.78 Å². The predicted octanol–water partition coefficient (Wildman–Crippen LogP) is 4.20. The Labute approximate surface area is 150 Å². The smallest absolute Gasteiger partial charge is 0.299 e. The molecule has 142 valence electrons. The fourth-order valence-electron chi connectivity index (χ4n) is 6.65. The molecule has 0 bridgehead atoms. The molecule has 4 aliphatic rings. The Morgan fingerprint density at radius 2 is 1.65 bits per heavy atom. The van der Waals surface area contributed by atoms with Gasteiger partial charge in [-0.3, -0.25) is 14.4 Å². The zero-order chi connectivity index (χ0) is 19.1. The van der Waals surface area contributed by atoms with Gasteiger partial charge in [-0.05, 0) is 48.5 Å². The molecule has 26 heavy (non-hydrogen) atoms. The summed E-state index contributed by atoms with van der Waals surface area (Å²) in [5.41, 5.74) is -2.42. The zero-order valence-electron chi connectivity index (χ0n) is 15.0. The van der Waals surface area contributed by atoms with Gasteiger partial charge >= 0.3 is 6.18 Å². The highest BCUT2D eigenvalue weighted by molar-refractivity contribution is 6.00. The fourth-order valence-corrected chi connectivity index (χ4v) is 6.65. The molecule has 0 unspecified atom stereocenters. The van der Waals surface area contributed by atoms with Gasteiger partial charge < -0.3 is 0 Å². The first-order valence-electron chi connectivity index (χ1n) is 9.40. The van der Waals surface area contributed by atoms with Crippen LogP contribution in [0, 0.1) is 28.6 Å². The normalized spacial score (nSPS) is 43.3. The number of hydrogen-bond donors (Lipinski definition) is 0. The van der Waals surface area contributed by atoms with Gasteiger partial charge in [0, 0.05) is 30.6 Å². The van der Waals surface area contributed by atoms with E-state index in [1.165, 1.54) is 0 Å². The maximum absolute atomic E-state index is 13.6. The summed E-state index contributed by atoms with van der Waals surface area (Å²) in [6.07, 6.45) is -2.55. The van der Waals surface area contributed by atoms with Crippen LogP contribution in [0.2, 0.25) is 0 Å². The largest absolute Gasteiger partial charge is 0.419 e. The lowest BCUT2D eigenvalue weighted by atomic mass is 9.46. The van der Waals surface area contributed by atoms with Crippen LogP contribution >= 0.6 is 0 Å². The summed E-state index contributed by atoms with van der Waals surface area (Å²) in [5, 5.41) is 0. The molecular weight excluding hydrogens is 345 g/mol. The Kier molecular flexibility index (Phi) is 3.65. The molecule has 4 aliphatic carbocycles. The summed E-state index contributed by atoms with van der Waals surface area (Å²) in [6.45, 7) is 3.61. The summed E-state index contributed by atoms with van der Waals surface area (Å²) >= 11 is 0. The Morgan fingerprint density at radius 3 is 2.31 bits per heavy atom. The third-order valence-corrected chi connectivity index (χ3v) is 7.81. The minimum Gasteiger partial charge on any atom is -0.299 e. The number of hydrogen-bond acceptors (Lipinski definition) is 3. The number of carbonyl (C=O) groups is 3. The molecule has 0 amide bonds. The van der Waals surface area contributed by atoms with Crippen molar-refractivity contribution in [2.45, 2.75) is 65.0 Å². The first-order valence-corrected chi connectivity index (χ1v) is 9.40. The Morgan fingerprint density at radius 1 is 0.962 bits per heavy atom. The first-order chi connectivity index (χ1) is 12.0. The number of halogens is 3. The van der Waals surface area contributed by atoms with Crippen molar-refractivity contribution < 1.29 is 27.6 Å². The van der Waals surface area contributed by atoms with E-state index in [0.717, 1.165) is 6.42 Å². The second-order valence-electron chi connectivity index (χ2n) is 9.00. The second kappa shape index (κ2) is 5.29. The predicted molar refractivity (Wildman–Crippen MR) is 87.1 cm³/mol. The molecule has 4 rings (SSSR count). The molecule has 0 heterocycles. The van der Waals surface area contributed by atoms with Crippen LogP contribution < -0.4 is 0 Å². The van der Waals surface area contributed by atoms with Crippen molar-refractivity contribution in [3.8, 4) is 0 Å². The van der Waals surface area contributed by atoms with Gasteiger partial charge in [0.05, 0.1) is 5.57 Å². The van der Waals surface area contributed by atoms with Gasteiger partial charge in [-0.15, -0.1) is 0 Å². The van der Waals surface area contributed by atoms with Crippen LogP contribution in [-0.4, -0.2) is 23.5 Å². The minimum atomic E-state index is -4.67. The molecule has 3 saturated carbocycles. The standard InChI is InChI=1S/C20H23F3O3/c1-18-8-7-13(24)17(20(21,22)23)12(18)4-3-10-11-5-6-15(26)19(11,2)9-14(25)16(10)18/h10-11,16H,3-9H2,1-2H3/t10-,11-,16+,18-,19-/m0/s1. The number of allylic oxidation sites excluding steroid dienone is 1. The van der Waals surface area contributed by atoms with Crippen molar-refractivity contribution in [3.63, 3.8) is 0 Å². The van der Waals surface area contributed by atoms with Crippen LogP contribution in [0.3, 0.4) is 0 Å². The van der Waals surface area contributed by atoms with E-state index >= 15 is 0 Å². The van der Waals surface area contributed by atoms with Gasteiger partial charge in [-0.25, -0.2) is 0 Å². The summed E-state index contributed by atoms with van der Waals surface area (Å²) in [5.74, 6) is -1.28. The lowest BCUT2D eigenvalue weighted by Gasteiger charge is -2.56. The molecule has 0 aliphatic heterocycles. The maximum atomic E-state index is 13.6. The molecule has 3 fully saturated rings. The summed E-state index contributed by atoms with van der Waals surface area (Å²) in [4.78, 5) is 37.5. The van der Waals surface area contributed by atoms with E-state index < -0.39 is 34.3 Å². The highest BCUT2D eigenvalue weighted by Crippen LogP contribution is 2.64. The molecule has 0 saturated heterocycles. The van der Waals surface area contributed by atoms with Gasteiger partial charge in [-0.1, -0.05) is 13.8 Å². The van der Waals surface area contributed by atoms with Crippen LogP contribution in [0.1, 0.15) is 58.8 Å². The third-order valence-electron chi connectivity index (χ3n) is 7.81. The number of alkyl halides is 3. The monoisotopic (exact) mass is 368 g/mol. The van der Waals surface area contributed by atoms with E-state index in [1.807, 2.05) is 6.92 Å². The topological polar surface area (TPSA) is 51.2 Å². The van der Waals surface area contributed by atoms with Gasteiger partial charge in [-0.2, -0.15) is 13.2 Å². The first kappa shape index (κ1) is 17.9. The molecule has 0 aromatic carbocycles. The molecule has 0 N–H and O–H groups in total. The van der Waals surface area contributed by atoms with E-state index in [2.05, 4.69) is 0 Å². The lowest BCUT2D eigenvalue weighted by Crippen LogP contribution is -2.55. The van der Waals surface area contributed by atoms with Crippen LogP contribution in [0.15, 0.2) is 11.1 Å². The number of carbonyl (C=O) groups excluding carboxylic acids is 3. The van der Waals surface area contributed by atoms with E-state index in [-0.39, 0.29) is 48.2 Å². The van der Waals surface area contributed by atoms with Gasteiger partial charge in [0.1, 0.15) is 11.6 Å². The van der Waals surface area contributed by atoms with Crippen LogP contribution in [0.4, 0.5) is 13.2 Å². The van der Waals surface area contributed by atoms with E-state index in [0.29, 0.717) is 19.3 Å². The Hall–Kier alpha value is -1.46.